The van der Waals surface area contributed by atoms with Crippen LogP contribution in [0.5, 0.6) is 0 Å². The fraction of sp³-hybridized carbons (Fsp3) is 0.500. The van der Waals surface area contributed by atoms with Crippen LogP contribution in [0.3, 0.4) is 0 Å². The minimum atomic E-state index is 0.146. The number of likely N-dealkylation sites (tertiary alicyclic amines) is 1. The van der Waals surface area contributed by atoms with E-state index in [1.807, 2.05) is 23.1 Å². The summed E-state index contributed by atoms with van der Waals surface area (Å²) in [4.78, 5) is 15.4. The van der Waals surface area contributed by atoms with Crippen molar-refractivity contribution in [3.63, 3.8) is 0 Å². The van der Waals surface area contributed by atoms with Gasteiger partial charge in [0.15, 0.2) is 0 Å². The number of rotatable bonds is 1. The van der Waals surface area contributed by atoms with Crippen LogP contribution < -0.4 is 0 Å². The molecule has 96 valence electrons. The number of benzene rings is 1. The second-order valence-electron chi connectivity index (χ2n) is 5.33. The number of hydrogen-bond donors (Lipinski definition) is 1. The van der Waals surface area contributed by atoms with E-state index >= 15 is 0 Å². The quantitative estimate of drug-likeness (QED) is 0.782. The summed E-state index contributed by atoms with van der Waals surface area (Å²) in [6.07, 6.45) is 3.93. The lowest BCUT2D eigenvalue weighted by molar-refractivity contribution is 0.0779. The van der Waals surface area contributed by atoms with Crippen LogP contribution in [0.4, 0.5) is 0 Å². The molecule has 2 aliphatic rings. The molecular weight excluding hydrogens is 310 g/mol. The predicted molar refractivity (Wildman–Crippen MR) is 78.1 cm³/mol. The fourth-order valence-electron chi connectivity index (χ4n) is 3.25. The molecule has 1 aliphatic carbocycles. The number of carbonyl (C=O) groups excluding carboxylic acids is 1. The van der Waals surface area contributed by atoms with E-state index in [2.05, 4.69) is 28.6 Å². The molecule has 0 bridgehead atoms. The summed E-state index contributed by atoms with van der Waals surface area (Å²) in [6.45, 7) is 1.87. The van der Waals surface area contributed by atoms with Gasteiger partial charge in [-0.15, -0.1) is 12.6 Å². The summed E-state index contributed by atoms with van der Waals surface area (Å²) in [5.74, 6) is 1.63. The Bertz CT molecular complexity index is 479. The third-order valence-electron chi connectivity index (χ3n) is 4.19. The highest BCUT2D eigenvalue weighted by atomic mass is 79.9. The van der Waals surface area contributed by atoms with E-state index < -0.39 is 0 Å². The number of hydrogen-bond acceptors (Lipinski definition) is 2. The number of amides is 1. The largest absolute Gasteiger partial charge is 0.338 e. The lowest BCUT2D eigenvalue weighted by atomic mass is 10.0. The van der Waals surface area contributed by atoms with Gasteiger partial charge in [0.2, 0.25) is 0 Å². The number of fused-ring (bicyclic) bond motifs is 1. The standard InChI is InChI=1S/C14H16BrNOS/c15-13-5-4-11(18)6-12(13)14(17)16-7-9-2-1-3-10(9)8-16/h4-6,9-10,18H,1-3,7-8H2. The third-order valence-corrected chi connectivity index (χ3v) is 5.16. The van der Waals surface area contributed by atoms with E-state index in [1.165, 1.54) is 19.3 Å². The Labute approximate surface area is 121 Å². The van der Waals surface area contributed by atoms with Crippen molar-refractivity contribution in [3.05, 3.63) is 28.2 Å². The Morgan fingerprint density at radius 2 is 1.94 bits per heavy atom. The topological polar surface area (TPSA) is 20.3 Å². The molecule has 1 saturated heterocycles. The molecule has 3 rings (SSSR count). The molecule has 1 heterocycles. The number of halogens is 1. The summed E-state index contributed by atoms with van der Waals surface area (Å²) >= 11 is 7.77. The molecule has 4 heteroatoms. The van der Waals surface area contributed by atoms with Crippen molar-refractivity contribution >= 4 is 34.5 Å². The van der Waals surface area contributed by atoms with Gasteiger partial charge < -0.3 is 4.90 Å². The number of carbonyl (C=O) groups is 1. The molecule has 2 nitrogen and oxygen atoms in total. The fourth-order valence-corrected chi connectivity index (χ4v) is 3.87. The average Bonchev–Trinajstić information content (AvgIpc) is 2.91. The summed E-state index contributed by atoms with van der Waals surface area (Å²) in [6, 6.07) is 5.64. The molecule has 1 saturated carbocycles. The van der Waals surface area contributed by atoms with E-state index in [9.17, 15) is 4.79 Å². The highest BCUT2D eigenvalue weighted by Crippen LogP contribution is 2.38. The molecule has 0 aromatic heterocycles. The molecule has 0 spiro atoms. The molecule has 1 aliphatic heterocycles. The van der Waals surface area contributed by atoms with Crippen LogP contribution in [-0.2, 0) is 0 Å². The molecule has 0 radical (unpaired) electrons. The maximum Gasteiger partial charge on any atom is 0.255 e. The predicted octanol–water partition coefficient (Wildman–Crippen LogP) is 3.61. The van der Waals surface area contributed by atoms with Gasteiger partial charge in [-0.3, -0.25) is 4.79 Å². The third kappa shape index (κ3) is 2.21. The van der Waals surface area contributed by atoms with Crippen molar-refractivity contribution in [3.8, 4) is 0 Å². The van der Waals surface area contributed by atoms with Crippen LogP contribution in [0.2, 0.25) is 0 Å². The van der Waals surface area contributed by atoms with Crippen LogP contribution >= 0.6 is 28.6 Å². The molecule has 1 amide bonds. The van der Waals surface area contributed by atoms with Gasteiger partial charge in [-0.1, -0.05) is 6.42 Å². The Kier molecular flexibility index (Phi) is 3.41. The molecule has 2 atom stereocenters. The molecule has 18 heavy (non-hydrogen) atoms. The van der Waals surface area contributed by atoms with Crippen molar-refractivity contribution in [1.82, 2.24) is 4.90 Å². The SMILES string of the molecule is O=C(c1cc(S)ccc1Br)N1CC2CCCC2C1. The molecular formula is C14H16BrNOS. The van der Waals surface area contributed by atoms with E-state index in [0.717, 1.165) is 39.9 Å². The highest BCUT2D eigenvalue weighted by Gasteiger charge is 2.38. The summed E-state index contributed by atoms with van der Waals surface area (Å²) < 4.78 is 0.863. The zero-order valence-corrected chi connectivity index (χ0v) is 12.6. The van der Waals surface area contributed by atoms with Gasteiger partial charge in [0, 0.05) is 22.5 Å². The van der Waals surface area contributed by atoms with Gasteiger partial charge in [-0.05, 0) is 58.8 Å². The summed E-state index contributed by atoms with van der Waals surface area (Å²) in [7, 11) is 0. The van der Waals surface area contributed by atoms with Crippen molar-refractivity contribution in [1.29, 1.82) is 0 Å². The Hall–Kier alpha value is -0.480. The second kappa shape index (κ2) is 4.89. The van der Waals surface area contributed by atoms with Crippen molar-refractivity contribution in [2.24, 2.45) is 11.8 Å². The summed E-state index contributed by atoms with van der Waals surface area (Å²) in [5.41, 5.74) is 0.738. The van der Waals surface area contributed by atoms with Gasteiger partial charge in [0.25, 0.3) is 5.91 Å². The lowest BCUT2D eigenvalue weighted by Gasteiger charge is -2.18. The van der Waals surface area contributed by atoms with E-state index in [4.69, 9.17) is 0 Å². The number of thiol groups is 1. The molecule has 2 unspecified atom stereocenters. The van der Waals surface area contributed by atoms with E-state index in [0.29, 0.717) is 0 Å². The zero-order chi connectivity index (χ0) is 12.7. The minimum absolute atomic E-state index is 0.146. The Balaban J connectivity index is 1.81. The molecule has 2 fully saturated rings. The molecule has 1 aromatic rings. The smallest absolute Gasteiger partial charge is 0.255 e. The van der Waals surface area contributed by atoms with Gasteiger partial charge in [0.1, 0.15) is 0 Å². The molecule has 1 aromatic carbocycles. The van der Waals surface area contributed by atoms with Crippen LogP contribution in [0.1, 0.15) is 29.6 Å². The first-order valence-corrected chi connectivity index (χ1v) is 7.67. The van der Waals surface area contributed by atoms with Crippen LogP contribution in [-0.4, -0.2) is 23.9 Å². The lowest BCUT2D eigenvalue weighted by Crippen LogP contribution is -2.29. The monoisotopic (exact) mass is 325 g/mol. The van der Waals surface area contributed by atoms with Gasteiger partial charge in [-0.2, -0.15) is 0 Å². The number of nitrogens with zero attached hydrogens (tertiary/aromatic N) is 1. The summed E-state index contributed by atoms with van der Waals surface area (Å²) in [5, 5.41) is 0. The Morgan fingerprint density at radius 1 is 1.28 bits per heavy atom. The maximum atomic E-state index is 12.5. The molecule has 0 N–H and O–H groups in total. The second-order valence-corrected chi connectivity index (χ2v) is 6.70. The van der Waals surface area contributed by atoms with Gasteiger partial charge >= 0.3 is 0 Å². The van der Waals surface area contributed by atoms with Crippen LogP contribution in [0.15, 0.2) is 27.6 Å². The zero-order valence-electron chi connectivity index (χ0n) is 10.1. The van der Waals surface area contributed by atoms with Crippen molar-refractivity contribution in [2.75, 3.05) is 13.1 Å². The van der Waals surface area contributed by atoms with Gasteiger partial charge in [0.05, 0.1) is 5.56 Å². The van der Waals surface area contributed by atoms with Crippen molar-refractivity contribution in [2.45, 2.75) is 24.2 Å². The Morgan fingerprint density at radius 3 is 2.61 bits per heavy atom. The van der Waals surface area contributed by atoms with E-state index in [1.54, 1.807) is 0 Å². The first-order chi connectivity index (χ1) is 8.65. The van der Waals surface area contributed by atoms with Crippen LogP contribution in [0.25, 0.3) is 0 Å². The normalized spacial score (nSPS) is 26.4. The van der Waals surface area contributed by atoms with Gasteiger partial charge in [-0.25, -0.2) is 0 Å². The van der Waals surface area contributed by atoms with Crippen molar-refractivity contribution < 1.29 is 4.79 Å². The van der Waals surface area contributed by atoms with Crippen LogP contribution in [0, 0.1) is 11.8 Å². The minimum Gasteiger partial charge on any atom is -0.338 e. The average molecular weight is 326 g/mol. The first-order valence-electron chi connectivity index (χ1n) is 6.43. The highest BCUT2D eigenvalue weighted by molar-refractivity contribution is 9.10. The van der Waals surface area contributed by atoms with E-state index in [-0.39, 0.29) is 5.91 Å². The maximum absolute atomic E-state index is 12.5. The first kappa shape index (κ1) is 12.5.